The van der Waals surface area contributed by atoms with Gasteiger partial charge in [-0.05, 0) is 42.5 Å². The Kier molecular flexibility index (Phi) is 5.84. The fourth-order valence-electron chi connectivity index (χ4n) is 2.78. The van der Waals surface area contributed by atoms with Crippen molar-refractivity contribution in [2.45, 2.75) is 33.1 Å². The van der Waals surface area contributed by atoms with E-state index in [2.05, 4.69) is 83.0 Å². The highest BCUT2D eigenvalue weighted by molar-refractivity contribution is 5.56. The standard InChI is InChI=1S/C22H26N4/c1-16(2)19-9-11-20(12-10-19)25-22-24-17(3)15-21(26-22)23-14-13-18-7-5-4-6-8-18/h4-12,15-16H,13-14H2,1-3H3,(H2,23,24,25,26). The Hall–Kier alpha value is -2.88. The maximum Gasteiger partial charge on any atom is 0.229 e. The molecule has 0 aliphatic rings. The van der Waals surface area contributed by atoms with Gasteiger partial charge < -0.3 is 10.6 Å². The van der Waals surface area contributed by atoms with E-state index in [1.807, 2.05) is 19.1 Å². The van der Waals surface area contributed by atoms with Crippen LogP contribution >= 0.6 is 0 Å². The smallest absolute Gasteiger partial charge is 0.229 e. The summed E-state index contributed by atoms with van der Waals surface area (Å²) in [4.78, 5) is 9.07. The molecule has 134 valence electrons. The molecule has 0 radical (unpaired) electrons. The van der Waals surface area contributed by atoms with Crippen molar-refractivity contribution in [1.29, 1.82) is 0 Å². The van der Waals surface area contributed by atoms with E-state index in [1.165, 1.54) is 11.1 Å². The van der Waals surface area contributed by atoms with Crippen molar-refractivity contribution in [2.24, 2.45) is 0 Å². The summed E-state index contributed by atoms with van der Waals surface area (Å²) in [6.45, 7) is 7.21. The Bertz CT molecular complexity index is 827. The lowest BCUT2D eigenvalue weighted by atomic mass is 10.0. The first-order valence-corrected chi connectivity index (χ1v) is 9.10. The maximum atomic E-state index is 4.58. The van der Waals surface area contributed by atoms with Crippen molar-refractivity contribution in [3.05, 3.63) is 77.5 Å². The third kappa shape index (κ3) is 5.06. The van der Waals surface area contributed by atoms with Gasteiger partial charge in [-0.25, -0.2) is 4.98 Å². The van der Waals surface area contributed by atoms with Gasteiger partial charge in [-0.15, -0.1) is 0 Å². The fraction of sp³-hybridized carbons (Fsp3) is 0.273. The summed E-state index contributed by atoms with van der Waals surface area (Å²) in [6.07, 6.45) is 0.962. The van der Waals surface area contributed by atoms with Gasteiger partial charge in [0.15, 0.2) is 0 Å². The molecule has 1 aromatic heterocycles. The van der Waals surface area contributed by atoms with Crippen LogP contribution in [0.15, 0.2) is 60.7 Å². The van der Waals surface area contributed by atoms with Gasteiger partial charge in [0.05, 0.1) is 0 Å². The summed E-state index contributed by atoms with van der Waals surface area (Å²) >= 11 is 0. The fourth-order valence-corrected chi connectivity index (χ4v) is 2.78. The normalized spacial score (nSPS) is 10.8. The van der Waals surface area contributed by atoms with Crippen LogP contribution in [0.3, 0.4) is 0 Å². The van der Waals surface area contributed by atoms with Crippen LogP contribution < -0.4 is 10.6 Å². The molecule has 26 heavy (non-hydrogen) atoms. The molecule has 3 aromatic rings. The zero-order valence-electron chi connectivity index (χ0n) is 15.7. The number of nitrogens with zero attached hydrogens (tertiary/aromatic N) is 2. The van der Waals surface area contributed by atoms with E-state index in [9.17, 15) is 0 Å². The van der Waals surface area contributed by atoms with Gasteiger partial charge in [0, 0.05) is 24.0 Å². The lowest BCUT2D eigenvalue weighted by Gasteiger charge is -2.11. The number of hydrogen-bond acceptors (Lipinski definition) is 4. The highest BCUT2D eigenvalue weighted by Crippen LogP contribution is 2.20. The average molecular weight is 346 g/mol. The molecule has 0 spiro atoms. The molecule has 0 saturated carbocycles. The molecule has 4 nitrogen and oxygen atoms in total. The van der Waals surface area contributed by atoms with Crippen LogP contribution in [-0.2, 0) is 6.42 Å². The van der Waals surface area contributed by atoms with Gasteiger partial charge in [0.1, 0.15) is 5.82 Å². The van der Waals surface area contributed by atoms with Crippen molar-refractivity contribution in [3.63, 3.8) is 0 Å². The van der Waals surface area contributed by atoms with Crippen molar-refractivity contribution < 1.29 is 0 Å². The summed E-state index contributed by atoms with van der Waals surface area (Å²) in [6, 6.07) is 20.8. The first-order valence-electron chi connectivity index (χ1n) is 9.10. The first-order chi connectivity index (χ1) is 12.6. The number of nitrogens with one attached hydrogen (secondary N) is 2. The predicted molar refractivity (Wildman–Crippen MR) is 109 cm³/mol. The van der Waals surface area contributed by atoms with E-state index in [0.717, 1.165) is 30.2 Å². The minimum atomic E-state index is 0.527. The second-order valence-corrected chi connectivity index (χ2v) is 6.78. The number of benzene rings is 2. The molecule has 0 aliphatic heterocycles. The first kappa shape index (κ1) is 17.9. The van der Waals surface area contributed by atoms with E-state index >= 15 is 0 Å². The lowest BCUT2D eigenvalue weighted by molar-refractivity contribution is 0.867. The van der Waals surface area contributed by atoms with Gasteiger partial charge in [-0.1, -0.05) is 56.3 Å². The van der Waals surface area contributed by atoms with Gasteiger partial charge in [-0.3, -0.25) is 0 Å². The van der Waals surface area contributed by atoms with Gasteiger partial charge in [0.2, 0.25) is 5.95 Å². The Morgan fingerprint density at radius 1 is 0.923 bits per heavy atom. The van der Waals surface area contributed by atoms with Gasteiger partial charge >= 0.3 is 0 Å². The maximum absolute atomic E-state index is 4.58. The van der Waals surface area contributed by atoms with E-state index in [4.69, 9.17) is 0 Å². The topological polar surface area (TPSA) is 49.8 Å². The van der Waals surface area contributed by atoms with E-state index in [-0.39, 0.29) is 0 Å². The van der Waals surface area contributed by atoms with E-state index < -0.39 is 0 Å². The number of aromatic nitrogens is 2. The molecule has 0 saturated heterocycles. The predicted octanol–water partition coefficient (Wildman–Crippen LogP) is 5.31. The van der Waals surface area contributed by atoms with Gasteiger partial charge in [0.25, 0.3) is 0 Å². The molecule has 0 bridgehead atoms. The Morgan fingerprint density at radius 2 is 1.65 bits per heavy atom. The van der Waals surface area contributed by atoms with Gasteiger partial charge in [-0.2, -0.15) is 4.98 Å². The third-order valence-electron chi connectivity index (χ3n) is 4.25. The van der Waals surface area contributed by atoms with Crippen LogP contribution in [0.25, 0.3) is 0 Å². The minimum absolute atomic E-state index is 0.527. The van der Waals surface area contributed by atoms with Crippen LogP contribution in [0.4, 0.5) is 17.5 Å². The summed E-state index contributed by atoms with van der Waals surface area (Å²) in [5, 5.41) is 6.69. The molecule has 3 rings (SSSR count). The molecule has 0 aliphatic carbocycles. The molecule has 0 unspecified atom stereocenters. The highest BCUT2D eigenvalue weighted by atomic mass is 15.1. The molecule has 0 fully saturated rings. The van der Waals surface area contributed by atoms with Crippen molar-refractivity contribution in [1.82, 2.24) is 9.97 Å². The molecular weight excluding hydrogens is 320 g/mol. The summed E-state index contributed by atoms with van der Waals surface area (Å²) in [5.41, 5.74) is 4.57. The average Bonchev–Trinajstić information content (AvgIpc) is 2.62. The summed E-state index contributed by atoms with van der Waals surface area (Å²) in [7, 11) is 0. The second kappa shape index (κ2) is 8.48. The van der Waals surface area contributed by atoms with Crippen LogP contribution in [0.5, 0.6) is 0 Å². The molecular formula is C22H26N4. The zero-order valence-corrected chi connectivity index (χ0v) is 15.7. The molecule has 0 atom stereocenters. The number of aryl methyl sites for hydroxylation is 1. The van der Waals surface area contributed by atoms with Crippen molar-refractivity contribution >= 4 is 17.5 Å². The van der Waals surface area contributed by atoms with Crippen LogP contribution in [0.1, 0.15) is 36.6 Å². The Morgan fingerprint density at radius 3 is 2.35 bits per heavy atom. The SMILES string of the molecule is Cc1cc(NCCc2ccccc2)nc(Nc2ccc(C(C)C)cc2)n1. The largest absolute Gasteiger partial charge is 0.370 e. The molecule has 4 heteroatoms. The second-order valence-electron chi connectivity index (χ2n) is 6.78. The molecule has 2 aromatic carbocycles. The molecule has 0 amide bonds. The Balaban J connectivity index is 1.63. The quantitative estimate of drug-likeness (QED) is 0.609. The monoisotopic (exact) mass is 346 g/mol. The zero-order chi connectivity index (χ0) is 18.4. The number of hydrogen-bond donors (Lipinski definition) is 2. The molecule has 1 heterocycles. The van der Waals surface area contributed by atoms with Crippen LogP contribution in [0.2, 0.25) is 0 Å². The van der Waals surface area contributed by atoms with E-state index in [1.54, 1.807) is 0 Å². The van der Waals surface area contributed by atoms with Crippen LogP contribution in [0, 0.1) is 6.92 Å². The number of anilines is 3. The highest BCUT2D eigenvalue weighted by Gasteiger charge is 2.04. The minimum Gasteiger partial charge on any atom is -0.370 e. The van der Waals surface area contributed by atoms with Crippen LogP contribution in [-0.4, -0.2) is 16.5 Å². The third-order valence-corrected chi connectivity index (χ3v) is 4.25. The lowest BCUT2D eigenvalue weighted by Crippen LogP contribution is -2.08. The van der Waals surface area contributed by atoms with E-state index in [0.29, 0.717) is 11.9 Å². The Labute approximate surface area is 155 Å². The summed E-state index contributed by atoms with van der Waals surface area (Å²) < 4.78 is 0. The van der Waals surface area contributed by atoms with Crippen molar-refractivity contribution in [3.8, 4) is 0 Å². The number of rotatable bonds is 7. The van der Waals surface area contributed by atoms with Crippen molar-refractivity contribution in [2.75, 3.05) is 17.2 Å². The molecule has 2 N–H and O–H groups in total. The summed E-state index contributed by atoms with van der Waals surface area (Å²) in [5.74, 6) is 1.99.